The summed E-state index contributed by atoms with van der Waals surface area (Å²) >= 11 is 0. The number of carbonyl (C=O) groups excluding carboxylic acids is 1. The number of pyridine rings is 1. The summed E-state index contributed by atoms with van der Waals surface area (Å²) in [6.45, 7) is 0.981. The molecule has 1 atom stereocenters. The van der Waals surface area contributed by atoms with E-state index in [0.29, 0.717) is 6.54 Å². The molecule has 4 rings (SSSR count). The molecule has 0 bridgehead atoms. The van der Waals surface area contributed by atoms with E-state index in [-0.39, 0.29) is 18.7 Å². The maximum atomic E-state index is 12.8. The molecule has 0 unspecified atom stereocenters. The number of nitrogens with zero attached hydrogens (tertiary/aromatic N) is 3. The lowest BCUT2D eigenvalue weighted by molar-refractivity contribution is 0.0921. The highest BCUT2D eigenvalue weighted by Gasteiger charge is 2.33. The fraction of sp³-hybridized carbons (Fsp3) is 0.250. The Balaban J connectivity index is 1.54. The van der Waals surface area contributed by atoms with Gasteiger partial charge in [0.15, 0.2) is 0 Å². The van der Waals surface area contributed by atoms with Crippen molar-refractivity contribution in [2.24, 2.45) is 0 Å². The van der Waals surface area contributed by atoms with Crippen LogP contribution in [0.1, 0.15) is 30.0 Å². The highest BCUT2D eigenvalue weighted by atomic mass is 16.6. The van der Waals surface area contributed by atoms with Crippen LogP contribution in [0.5, 0.6) is 0 Å². The topological polar surface area (TPSA) is 45.7 Å². The van der Waals surface area contributed by atoms with Gasteiger partial charge in [0.25, 0.3) is 0 Å². The van der Waals surface area contributed by atoms with Gasteiger partial charge in [-0.3, -0.25) is 0 Å². The third-order valence-corrected chi connectivity index (χ3v) is 5.33. The molecular formula is C24H25N3O2. The Morgan fingerprint density at radius 2 is 1.79 bits per heavy atom. The van der Waals surface area contributed by atoms with Gasteiger partial charge in [0.05, 0.1) is 6.04 Å². The van der Waals surface area contributed by atoms with Crippen LogP contribution in [0, 0.1) is 0 Å². The highest BCUT2D eigenvalue weighted by molar-refractivity contribution is 5.70. The summed E-state index contributed by atoms with van der Waals surface area (Å²) in [5, 5.41) is 0. The molecule has 0 aliphatic carbocycles. The predicted molar refractivity (Wildman–Crippen MR) is 114 cm³/mol. The van der Waals surface area contributed by atoms with E-state index in [9.17, 15) is 4.79 Å². The zero-order valence-corrected chi connectivity index (χ0v) is 16.6. The average molecular weight is 387 g/mol. The van der Waals surface area contributed by atoms with Crippen molar-refractivity contribution in [2.75, 3.05) is 18.5 Å². The third-order valence-electron chi connectivity index (χ3n) is 5.33. The Bertz CT molecular complexity index is 947. The number of hydrogen-bond donors (Lipinski definition) is 0. The van der Waals surface area contributed by atoms with Crippen LogP contribution in [0.25, 0.3) is 0 Å². The van der Waals surface area contributed by atoms with Gasteiger partial charge in [0.1, 0.15) is 12.4 Å². The standard InChI is InChI=1S/C24H25N3O2/c1-26(20-12-6-3-7-13-20)23-21(14-8-16-25-23)22-15-9-17-27(22)24(28)29-18-19-10-4-2-5-11-19/h2-8,10-14,16,22H,9,15,17-18H2,1H3/t22-/m1/s1. The Morgan fingerprint density at radius 1 is 1.07 bits per heavy atom. The molecule has 2 heterocycles. The molecule has 1 aliphatic rings. The molecule has 2 aromatic carbocycles. The van der Waals surface area contributed by atoms with Crippen LogP contribution in [-0.2, 0) is 11.3 Å². The smallest absolute Gasteiger partial charge is 0.410 e. The normalized spacial score (nSPS) is 15.9. The van der Waals surface area contributed by atoms with E-state index in [0.717, 1.165) is 35.5 Å². The van der Waals surface area contributed by atoms with Crippen LogP contribution in [0.15, 0.2) is 79.0 Å². The number of rotatable bonds is 5. The largest absolute Gasteiger partial charge is 0.445 e. The second-order valence-corrected chi connectivity index (χ2v) is 7.20. The Hall–Kier alpha value is -3.34. The van der Waals surface area contributed by atoms with Gasteiger partial charge in [-0.15, -0.1) is 0 Å². The van der Waals surface area contributed by atoms with Crippen LogP contribution < -0.4 is 4.90 Å². The minimum Gasteiger partial charge on any atom is -0.445 e. The first kappa shape index (κ1) is 19.0. The van der Waals surface area contributed by atoms with Gasteiger partial charge in [0.2, 0.25) is 0 Å². The number of hydrogen-bond acceptors (Lipinski definition) is 4. The first-order chi connectivity index (χ1) is 14.2. The average Bonchev–Trinajstić information content (AvgIpc) is 3.28. The summed E-state index contributed by atoms with van der Waals surface area (Å²) < 4.78 is 5.60. The van der Waals surface area contributed by atoms with Gasteiger partial charge in [-0.05, 0) is 36.6 Å². The van der Waals surface area contributed by atoms with Crippen molar-refractivity contribution in [3.8, 4) is 0 Å². The van der Waals surface area contributed by atoms with E-state index in [1.807, 2.05) is 66.5 Å². The lowest BCUT2D eigenvalue weighted by Gasteiger charge is -2.28. The van der Waals surface area contributed by atoms with Gasteiger partial charge in [-0.25, -0.2) is 9.78 Å². The quantitative estimate of drug-likeness (QED) is 0.594. The molecule has 1 fully saturated rings. The van der Waals surface area contributed by atoms with Crippen molar-refractivity contribution in [1.82, 2.24) is 9.88 Å². The van der Waals surface area contributed by atoms with Crippen LogP contribution in [-0.4, -0.2) is 29.6 Å². The van der Waals surface area contributed by atoms with Crippen LogP contribution in [0.3, 0.4) is 0 Å². The maximum absolute atomic E-state index is 12.8. The third kappa shape index (κ3) is 4.24. The lowest BCUT2D eigenvalue weighted by Crippen LogP contribution is -2.32. The van der Waals surface area contributed by atoms with Crippen molar-refractivity contribution in [1.29, 1.82) is 0 Å². The summed E-state index contributed by atoms with van der Waals surface area (Å²) in [5.41, 5.74) is 3.10. The summed E-state index contributed by atoms with van der Waals surface area (Å²) in [4.78, 5) is 21.4. The van der Waals surface area contributed by atoms with E-state index >= 15 is 0 Å². The number of aromatic nitrogens is 1. The number of amides is 1. The van der Waals surface area contributed by atoms with Gasteiger partial charge in [-0.2, -0.15) is 0 Å². The van der Waals surface area contributed by atoms with Crippen LogP contribution >= 0.6 is 0 Å². The minimum absolute atomic E-state index is 0.0341. The summed E-state index contributed by atoms with van der Waals surface area (Å²) in [6, 6.07) is 23.9. The van der Waals surface area contributed by atoms with E-state index in [2.05, 4.69) is 28.1 Å². The Kier molecular flexibility index (Phi) is 5.75. The van der Waals surface area contributed by atoms with Gasteiger partial charge >= 0.3 is 6.09 Å². The number of benzene rings is 2. The lowest BCUT2D eigenvalue weighted by atomic mass is 10.0. The Morgan fingerprint density at radius 3 is 2.55 bits per heavy atom. The van der Waals surface area contributed by atoms with E-state index < -0.39 is 0 Å². The highest BCUT2D eigenvalue weighted by Crippen LogP contribution is 2.38. The van der Waals surface area contributed by atoms with Crippen molar-refractivity contribution in [3.05, 3.63) is 90.1 Å². The molecule has 0 N–H and O–H groups in total. The molecule has 29 heavy (non-hydrogen) atoms. The molecular weight excluding hydrogens is 362 g/mol. The number of para-hydroxylation sites is 1. The van der Waals surface area contributed by atoms with Gasteiger partial charge in [0, 0.05) is 31.0 Å². The second-order valence-electron chi connectivity index (χ2n) is 7.20. The van der Waals surface area contributed by atoms with Crippen LogP contribution in [0.2, 0.25) is 0 Å². The molecule has 1 saturated heterocycles. The molecule has 1 aliphatic heterocycles. The van der Waals surface area contributed by atoms with Crippen molar-refractivity contribution in [2.45, 2.75) is 25.5 Å². The number of anilines is 2. The summed E-state index contributed by atoms with van der Waals surface area (Å²) in [7, 11) is 2.01. The number of carbonyl (C=O) groups is 1. The SMILES string of the molecule is CN(c1ccccc1)c1ncccc1[C@H]1CCCN1C(=O)OCc1ccccc1. The van der Waals surface area contributed by atoms with Gasteiger partial charge in [-0.1, -0.05) is 54.6 Å². The predicted octanol–water partition coefficient (Wildman–Crippen LogP) is 5.32. The molecule has 148 valence electrons. The molecule has 5 heteroatoms. The van der Waals surface area contributed by atoms with E-state index in [4.69, 9.17) is 4.74 Å². The first-order valence-corrected chi connectivity index (χ1v) is 9.95. The van der Waals surface area contributed by atoms with Crippen LogP contribution in [0.4, 0.5) is 16.3 Å². The fourth-order valence-corrected chi connectivity index (χ4v) is 3.83. The minimum atomic E-state index is -0.270. The van der Waals surface area contributed by atoms with Crippen molar-refractivity contribution < 1.29 is 9.53 Å². The Labute approximate surface area is 171 Å². The molecule has 0 radical (unpaired) electrons. The summed E-state index contributed by atoms with van der Waals surface area (Å²) in [6.07, 6.45) is 3.38. The second kappa shape index (κ2) is 8.78. The van der Waals surface area contributed by atoms with Crippen molar-refractivity contribution >= 4 is 17.6 Å². The molecule has 0 spiro atoms. The molecule has 5 nitrogen and oxygen atoms in total. The summed E-state index contributed by atoms with van der Waals surface area (Å²) in [5.74, 6) is 0.867. The zero-order chi connectivity index (χ0) is 20.1. The maximum Gasteiger partial charge on any atom is 0.410 e. The van der Waals surface area contributed by atoms with E-state index in [1.165, 1.54) is 0 Å². The number of likely N-dealkylation sites (tertiary alicyclic amines) is 1. The van der Waals surface area contributed by atoms with E-state index in [1.54, 1.807) is 6.20 Å². The molecule has 1 amide bonds. The monoisotopic (exact) mass is 387 g/mol. The molecule has 3 aromatic rings. The molecule has 1 aromatic heterocycles. The van der Waals surface area contributed by atoms with Gasteiger partial charge < -0.3 is 14.5 Å². The zero-order valence-electron chi connectivity index (χ0n) is 16.6. The number of ether oxygens (including phenoxy) is 1. The first-order valence-electron chi connectivity index (χ1n) is 9.95. The fourth-order valence-electron chi connectivity index (χ4n) is 3.83. The van der Waals surface area contributed by atoms with Crippen molar-refractivity contribution in [3.63, 3.8) is 0 Å². The molecule has 0 saturated carbocycles.